The van der Waals surface area contributed by atoms with Crippen molar-refractivity contribution in [3.8, 4) is 0 Å². The Morgan fingerprint density at radius 2 is 1.76 bits per heavy atom. The van der Waals surface area contributed by atoms with Gasteiger partial charge in [-0.15, -0.1) is 0 Å². The monoisotopic (exact) mass is 371 g/mol. The molecule has 0 aliphatic carbocycles. The quantitative estimate of drug-likeness (QED) is 0.503. The first-order chi connectivity index (χ1) is 11.7. The van der Waals surface area contributed by atoms with Gasteiger partial charge in [-0.05, 0) is 36.4 Å². The third-order valence-electron chi connectivity index (χ3n) is 3.44. The lowest BCUT2D eigenvalue weighted by Crippen LogP contribution is -2.20. The zero-order chi connectivity index (χ0) is 18.2. The Labute approximate surface area is 143 Å². The lowest BCUT2D eigenvalue weighted by molar-refractivity contribution is -0.137. The number of halogens is 5. The van der Waals surface area contributed by atoms with E-state index in [4.69, 9.17) is 11.6 Å². The van der Waals surface area contributed by atoms with E-state index in [9.17, 15) is 22.4 Å². The molecule has 0 fully saturated rings. The van der Waals surface area contributed by atoms with Crippen LogP contribution in [0.4, 0.5) is 33.7 Å². The molecule has 0 unspecified atom stereocenters. The Morgan fingerprint density at radius 3 is 2.44 bits per heavy atom. The molecule has 0 spiro atoms. The molecule has 9 heteroatoms. The van der Waals surface area contributed by atoms with Crippen molar-refractivity contribution in [1.82, 2.24) is 4.98 Å². The summed E-state index contributed by atoms with van der Waals surface area (Å²) >= 11 is 5.90. The van der Waals surface area contributed by atoms with Gasteiger partial charge in [0, 0.05) is 22.1 Å². The summed E-state index contributed by atoms with van der Waals surface area (Å²) in [6, 6.07) is 6.06. The minimum Gasteiger partial charge on any atom is -0.359 e. The number of alkyl halides is 3. The van der Waals surface area contributed by atoms with Crippen LogP contribution in [-0.2, 0) is 6.18 Å². The highest BCUT2D eigenvalue weighted by Gasteiger charge is 2.31. The SMILES string of the molecule is O=C(Nc1ccc(C(F)(F)F)cc1F)Nc1c[nH]c2ccc(Cl)cc12. The lowest BCUT2D eigenvalue weighted by atomic mass is 10.2. The number of nitrogens with one attached hydrogen (secondary N) is 3. The molecule has 2 amide bonds. The van der Waals surface area contributed by atoms with Gasteiger partial charge in [-0.3, -0.25) is 0 Å². The molecule has 3 rings (SSSR count). The molecular formula is C16H10ClF4N3O. The Morgan fingerprint density at radius 1 is 1.04 bits per heavy atom. The van der Waals surface area contributed by atoms with E-state index in [0.29, 0.717) is 28.2 Å². The van der Waals surface area contributed by atoms with Gasteiger partial charge in [0.05, 0.1) is 16.9 Å². The van der Waals surface area contributed by atoms with Crippen LogP contribution in [0.5, 0.6) is 0 Å². The van der Waals surface area contributed by atoms with E-state index in [-0.39, 0.29) is 5.69 Å². The van der Waals surface area contributed by atoms with Gasteiger partial charge in [0.1, 0.15) is 5.82 Å². The highest BCUT2D eigenvalue weighted by atomic mass is 35.5. The average Bonchev–Trinajstić information content (AvgIpc) is 2.90. The molecule has 0 bridgehead atoms. The summed E-state index contributed by atoms with van der Waals surface area (Å²) in [6.45, 7) is 0. The number of benzene rings is 2. The summed E-state index contributed by atoms with van der Waals surface area (Å²) in [6.07, 6.45) is -3.14. The number of aromatic nitrogens is 1. The second-order valence-electron chi connectivity index (χ2n) is 5.16. The molecule has 1 aromatic heterocycles. The first kappa shape index (κ1) is 17.1. The molecule has 25 heavy (non-hydrogen) atoms. The molecule has 0 saturated carbocycles. The second kappa shape index (κ2) is 6.29. The summed E-state index contributed by atoms with van der Waals surface area (Å²) in [7, 11) is 0. The highest BCUT2D eigenvalue weighted by Crippen LogP contribution is 2.31. The molecule has 0 aliphatic heterocycles. The largest absolute Gasteiger partial charge is 0.416 e. The summed E-state index contributed by atoms with van der Waals surface area (Å²) in [4.78, 5) is 14.9. The molecule has 3 aromatic rings. The number of amides is 2. The second-order valence-corrected chi connectivity index (χ2v) is 5.60. The fourth-order valence-corrected chi connectivity index (χ4v) is 2.44. The van der Waals surface area contributed by atoms with Gasteiger partial charge >= 0.3 is 12.2 Å². The normalized spacial score (nSPS) is 11.6. The minimum absolute atomic E-state index is 0.321. The van der Waals surface area contributed by atoms with Crippen molar-refractivity contribution in [1.29, 1.82) is 0 Å². The van der Waals surface area contributed by atoms with Crippen molar-refractivity contribution < 1.29 is 22.4 Å². The topological polar surface area (TPSA) is 56.9 Å². The predicted octanol–water partition coefficient (Wildman–Crippen LogP) is 5.62. The summed E-state index contributed by atoms with van der Waals surface area (Å²) < 4.78 is 51.3. The van der Waals surface area contributed by atoms with Crippen molar-refractivity contribution >= 4 is 39.9 Å². The third-order valence-corrected chi connectivity index (χ3v) is 3.67. The molecule has 0 radical (unpaired) electrons. The first-order valence-electron chi connectivity index (χ1n) is 6.95. The fourth-order valence-electron chi connectivity index (χ4n) is 2.26. The smallest absolute Gasteiger partial charge is 0.359 e. The van der Waals surface area contributed by atoms with Gasteiger partial charge in [-0.25, -0.2) is 9.18 Å². The van der Waals surface area contributed by atoms with E-state index in [0.717, 1.165) is 11.6 Å². The van der Waals surface area contributed by atoms with Crippen LogP contribution in [0.15, 0.2) is 42.6 Å². The number of aromatic amines is 1. The van der Waals surface area contributed by atoms with Crippen LogP contribution in [0.2, 0.25) is 5.02 Å². The number of anilines is 2. The Bertz CT molecular complexity index is 952. The molecule has 2 aromatic carbocycles. The van der Waals surface area contributed by atoms with E-state index in [1.807, 2.05) is 0 Å². The van der Waals surface area contributed by atoms with Gasteiger partial charge in [0.25, 0.3) is 0 Å². The number of fused-ring (bicyclic) bond motifs is 1. The van der Waals surface area contributed by atoms with Crippen LogP contribution in [-0.4, -0.2) is 11.0 Å². The Balaban J connectivity index is 1.77. The lowest BCUT2D eigenvalue weighted by Gasteiger charge is -2.11. The average molecular weight is 372 g/mol. The molecule has 130 valence electrons. The molecule has 0 atom stereocenters. The van der Waals surface area contributed by atoms with Gasteiger partial charge in [0.15, 0.2) is 0 Å². The van der Waals surface area contributed by atoms with Crippen LogP contribution >= 0.6 is 11.6 Å². The standard InChI is InChI=1S/C16H10ClF4N3O/c17-9-2-4-12-10(6-9)14(7-22-12)24-15(25)23-13-3-1-8(5-11(13)18)16(19,20)21/h1-7,22H,(H2,23,24,25). The number of hydrogen-bond acceptors (Lipinski definition) is 1. The maximum atomic E-state index is 13.8. The van der Waals surface area contributed by atoms with Crippen LogP contribution < -0.4 is 10.6 Å². The zero-order valence-electron chi connectivity index (χ0n) is 12.3. The van der Waals surface area contributed by atoms with Gasteiger partial charge in [-0.2, -0.15) is 13.2 Å². The van der Waals surface area contributed by atoms with Crippen LogP contribution in [0, 0.1) is 5.82 Å². The molecule has 0 aliphatic rings. The Kier molecular flexibility index (Phi) is 4.30. The third kappa shape index (κ3) is 3.69. The van der Waals surface area contributed by atoms with E-state index < -0.39 is 23.6 Å². The van der Waals surface area contributed by atoms with Crippen LogP contribution in [0.3, 0.4) is 0 Å². The summed E-state index contributed by atoms with van der Waals surface area (Å²) in [5.74, 6) is -1.19. The van der Waals surface area contributed by atoms with Gasteiger partial charge in [0.2, 0.25) is 0 Å². The van der Waals surface area contributed by atoms with Gasteiger partial charge in [-0.1, -0.05) is 11.6 Å². The number of carbonyl (C=O) groups excluding carboxylic acids is 1. The van der Waals surface area contributed by atoms with Gasteiger partial charge < -0.3 is 15.6 Å². The highest BCUT2D eigenvalue weighted by molar-refractivity contribution is 6.31. The summed E-state index contributed by atoms with van der Waals surface area (Å²) in [5.41, 5.74) is -0.395. The van der Waals surface area contributed by atoms with Crippen molar-refractivity contribution in [2.45, 2.75) is 6.18 Å². The molecular weight excluding hydrogens is 362 g/mol. The maximum absolute atomic E-state index is 13.8. The number of H-pyrrole nitrogens is 1. The first-order valence-corrected chi connectivity index (χ1v) is 7.33. The summed E-state index contributed by atoms with van der Waals surface area (Å²) in [5, 5.41) is 5.75. The number of carbonyl (C=O) groups is 1. The minimum atomic E-state index is -4.66. The van der Waals surface area contributed by atoms with E-state index in [1.165, 1.54) is 6.20 Å². The van der Waals surface area contributed by atoms with Crippen LogP contribution in [0.25, 0.3) is 10.9 Å². The predicted molar refractivity (Wildman–Crippen MR) is 87.4 cm³/mol. The van der Waals surface area contributed by atoms with Crippen molar-refractivity contribution in [2.75, 3.05) is 10.6 Å². The van der Waals surface area contributed by atoms with E-state index in [1.54, 1.807) is 18.2 Å². The molecule has 0 saturated heterocycles. The van der Waals surface area contributed by atoms with Crippen molar-refractivity contribution in [3.05, 3.63) is 59.0 Å². The van der Waals surface area contributed by atoms with Crippen molar-refractivity contribution in [3.63, 3.8) is 0 Å². The zero-order valence-corrected chi connectivity index (χ0v) is 13.1. The van der Waals surface area contributed by atoms with E-state index >= 15 is 0 Å². The van der Waals surface area contributed by atoms with Crippen molar-refractivity contribution in [2.24, 2.45) is 0 Å². The van der Waals surface area contributed by atoms with Crippen LogP contribution in [0.1, 0.15) is 5.56 Å². The number of urea groups is 1. The fraction of sp³-hybridized carbons (Fsp3) is 0.0625. The molecule has 1 heterocycles. The Hall–Kier alpha value is -2.74. The number of rotatable bonds is 2. The van der Waals surface area contributed by atoms with E-state index in [2.05, 4.69) is 15.6 Å². The molecule has 4 nitrogen and oxygen atoms in total. The molecule has 3 N–H and O–H groups in total. The number of hydrogen-bond donors (Lipinski definition) is 3. The maximum Gasteiger partial charge on any atom is 0.416 e.